The first-order chi connectivity index (χ1) is 7.69. The van der Waals surface area contributed by atoms with Gasteiger partial charge in [0.25, 0.3) is 0 Å². The molecular weight excluding hydrogens is 204 g/mol. The lowest BCUT2D eigenvalue weighted by molar-refractivity contribution is -0.127. The van der Waals surface area contributed by atoms with E-state index in [1.165, 1.54) is 0 Å². The Bertz CT molecular complexity index is 221. The maximum Gasteiger partial charge on any atom is 0.226 e. The largest absolute Gasteiger partial charge is 0.378 e. The fourth-order valence-corrected chi connectivity index (χ4v) is 2.08. The van der Waals surface area contributed by atoms with Gasteiger partial charge in [-0.2, -0.15) is 0 Å². The lowest BCUT2D eigenvalue weighted by Gasteiger charge is -2.20. The third kappa shape index (κ3) is 3.76. The molecule has 3 N–H and O–H groups in total. The molecular formula is C12H24N2O2. The van der Waals surface area contributed by atoms with Gasteiger partial charge in [-0.15, -0.1) is 0 Å². The van der Waals surface area contributed by atoms with E-state index >= 15 is 0 Å². The highest BCUT2D eigenvalue weighted by molar-refractivity contribution is 5.79. The number of unbranched alkanes of at least 4 members (excludes halogenated alkanes) is 1. The zero-order chi connectivity index (χ0) is 12.0. The van der Waals surface area contributed by atoms with Crippen molar-refractivity contribution >= 4 is 5.91 Å². The second-order valence-corrected chi connectivity index (χ2v) is 4.55. The summed E-state index contributed by atoms with van der Waals surface area (Å²) in [6.07, 6.45) is 4.09. The van der Waals surface area contributed by atoms with E-state index < -0.39 is 0 Å². The van der Waals surface area contributed by atoms with Crippen LogP contribution in [0.1, 0.15) is 39.5 Å². The van der Waals surface area contributed by atoms with Crippen molar-refractivity contribution in [1.29, 1.82) is 0 Å². The highest BCUT2D eigenvalue weighted by Gasteiger charge is 2.31. The van der Waals surface area contributed by atoms with Crippen LogP contribution in [0.15, 0.2) is 0 Å². The van der Waals surface area contributed by atoms with E-state index in [2.05, 4.69) is 12.2 Å². The van der Waals surface area contributed by atoms with Crippen LogP contribution in [0, 0.1) is 5.92 Å². The van der Waals surface area contributed by atoms with Crippen LogP contribution < -0.4 is 11.1 Å². The Morgan fingerprint density at radius 2 is 2.38 bits per heavy atom. The first-order valence-corrected chi connectivity index (χ1v) is 6.31. The average molecular weight is 228 g/mol. The van der Waals surface area contributed by atoms with E-state index in [1.54, 1.807) is 0 Å². The lowest BCUT2D eigenvalue weighted by atomic mass is 10.0. The van der Waals surface area contributed by atoms with Gasteiger partial charge in [0.15, 0.2) is 0 Å². The van der Waals surface area contributed by atoms with Gasteiger partial charge in [-0.05, 0) is 19.8 Å². The van der Waals surface area contributed by atoms with Crippen LogP contribution in [0.4, 0.5) is 0 Å². The Labute approximate surface area is 97.9 Å². The van der Waals surface area contributed by atoms with Crippen LogP contribution in [-0.4, -0.2) is 31.2 Å². The Hall–Kier alpha value is -0.610. The monoisotopic (exact) mass is 228 g/mol. The minimum atomic E-state index is 0.00989. The summed E-state index contributed by atoms with van der Waals surface area (Å²) in [5, 5.41) is 3.03. The molecule has 1 aliphatic rings. The van der Waals surface area contributed by atoms with Gasteiger partial charge in [0.1, 0.15) is 0 Å². The maximum atomic E-state index is 11.9. The second kappa shape index (κ2) is 6.86. The summed E-state index contributed by atoms with van der Waals surface area (Å²) in [6.45, 7) is 5.32. The van der Waals surface area contributed by atoms with Crippen molar-refractivity contribution in [2.75, 3.05) is 13.2 Å². The minimum absolute atomic E-state index is 0.00989. The third-order valence-corrected chi connectivity index (χ3v) is 3.25. The van der Waals surface area contributed by atoms with Gasteiger partial charge in [0.05, 0.1) is 12.0 Å². The molecule has 3 atom stereocenters. The zero-order valence-corrected chi connectivity index (χ0v) is 10.4. The quantitative estimate of drug-likeness (QED) is 0.714. The summed E-state index contributed by atoms with van der Waals surface area (Å²) in [7, 11) is 0. The molecule has 0 aromatic carbocycles. The third-order valence-electron chi connectivity index (χ3n) is 3.25. The van der Waals surface area contributed by atoms with E-state index in [4.69, 9.17) is 10.5 Å². The molecule has 0 aromatic rings. The van der Waals surface area contributed by atoms with E-state index in [1.807, 2.05) is 6.92 Å². The summed E-state index contributed by atoms with van der Waals surface area (Å²) >= 11 is 0. The van der Waals surface area contributed by atoms with E-state index in [9.17, 15) is 4.79 Å². The molecule has 0 spiro atoms. The Kier molecular flexibility index (Phi) is 5.77. The molecule has 1 amide bonds. The normalized spacial score (nSPS) is 26.7. The summed E-state index contributed by atoms with van der Waals surface area (Å²) < 4.78 is 5.39. The van der Waals surface area contributed by atoms with Gasteiger partial charge in [-0.1, -0.05) is 19.8 Å². The van der Waals surface area contributed by atoms with Crippen LogP contribution in [0.5, 0.6) is 0 Å². The lowest BCUT2D eigenvalue weighted by Crippen LogP contribution is -2.44. The fraction of sp³-hybridized carbons (Fsp3) is 0.917. The van der Waals surface area contributed by atoms with Crippen molar-refractivity contribution < 1.29 is 9.53 Å². The summed E-state index contributed by atoms with van der Waals surface area (Å²) in [6, 6.07) is 0.125. The van der Waals surface area contributed by atoms with Crippen molar-refractivity contribution in [3.05, 3.63) is 0 Å². The van der Waals surface area contributed by atoms with Gasteiger partial charge in [0.2, 0.25) is 5.91 Å². The zero-order valence-electron chi connectivity index (χ0n) is 10.4. The highest BCUT2D eigenvalue weighted by Crippen LogP contribution is 2.20. The molecule has 4 nitrogen and oxygen atoms in total. The molecule has 4 heteroatoms. The Balaban J connectivity index is 2.35. The number of nitrogens with two attached hydrogens (primary N) is 1. The van der Waals surface area contributed by atoms with Crippen molar-refractivity contribution in [2.45, 2.75) is 51.7 Å². The van der Waals surface area contributed by atoms with Gasteiger partial charge < -0.3 is 15.8 Å². The number of nitrogens with one attached hydrogen (secondary N) is 1. The SMILES string of the molecule is CCCCC(CN)NC(=O)C1CCOC1C. The van der Waals surface area contributed by atoms with Crippen LogP contribution in [0.3, 0.4) is 0 Å². The summed E-state index contributed by atoms with van der Waals surface area (Å²) in [4.78, 5) is 11.9. The van der Waals surface area contributed by atoms with Crippen LogP contribution >= 0.6 is 0 Å². The van der Waals surface area contributed by atoms with Crippen LogP contribution in [0.2, 0.25) is 0 Å². The average Bonchev–Trinajstić information content (AvgIpc) is 2.70. The molecule has 16 heavy (non-hydrogen) atoms. The molecule has 1 aliphatic heterocycles. The van der Waals surface area contributed by atoms with E-state index in [0.29, 0.717) is 13.2 Å². The number of carbonyl (C=O) groups is 1. The predicted octanol–water partition coefficient (Wildman–Crippen LogP) is 1.05. The molecule has 3 unspecified atom stereocenters. The summed E-state index contributed by atoms with van der Waals surface area (Å²) in [5.74, 6) is 0.118. The number of ether oxygens (including phenoxy) is 1. The number of carbonyl (C=O) groups excluding carboxylic acids is 1. The molecule has 1 heterocycles. The topological polar surface area (TPSA) is 64.3 Å². The van der Waals surface area contributed by atoms with Gasteiger partial charge in [-0.3, -0.25) is 4.79 Å². The van der Waals surface area contributed by atoms with Crippen molar-refractivity contribution in [3.63, 3.8) is 0 Å². The standard InChI is InChI=1S/C12H24N2O2/c1-3-4-5-10(8-13)14-12(15)11-6-7-16-9(11)2/h9-11H,3-8,13H2,1-2H3,(H,14,15). The first kappa shape index (κ1) is 13.5. The highest BCUT2D eigenvalue weighted by atomic mass is 16.5. The smallest absolute Gasteiger partial charge is 0.226 e. The van der Waals surface area contributed by atoms with Crippen molar-refractivity contribution in [2.24, 2.45) is 11.7 Å². The van der Waals surface area contributed by atoms with E-state index in [-0.39, 0.29) is 24.0 Å². The number of rotatable bonds is 6. The molecule has 0 aliphatic carbocycles. The molecule has 0 bridgehead atoms. The van der Waals surface area contributed by atoms with E-state index in [0.717, 1.165) is 25.7 Å². The van der Waals surface area contributed by atoms with Gasteiger partial charge >= 0.3 is 0 Å². The summed E-state index contributed by atoms with van der Waals surface area (Å²) in [5.41, 5.74) is 5.65. The molecule has 1 rings (SSSR count). The maximum absolute atomic E-state index is 11.9. The second-order valence-electron chi connectivity index (χ2n) is 4.55. The Morgan fingerprint density at radius 1 is 1.62 bits per heavy atom. The van der Waals surface area contributed by atoms with Gasteiger partial charge in [0, 0.05) is 19.2 Å². The van der Waals surface area contributed by atoms with Crippen LogP contribution in [0.25, 0.3) is 0 Å². The number of amides is 1. The molecule has 1 fully saturated rings. The van der Waals surface area contributed by atoms with Crippen molar-refractivity contribution in [3.8, 4) is 0 Å². The first-order valence-electron chi connectivity index (χ1n) is 6.31. The molecule has 0 radical (unpaired) electrons. The minimum Gasteiger partial charge on any atom is -0.378 e. The number of hydrogen-bond donors (Lipinski definition) is 2. The molecule has 0 aromatic heterocycles. The van der Waals surface area contributed by atoms with Crippen LogP contribution in [-0.2, 0) is 9.53 Å². The fourth-order valence-electron chi connectivity index (χ4n) is 2.08. The predicted molar refractivity (Wildman–Crippen MR) is 64.0 cm³/mol. The molecule has 94 valence electrons. The molecule has 0 saturated carbocycles. The van der Waals surface area contributed by atoms with Gasteiger partial charge in [-0.25, -0.2) is 0 Å². The van der Waals surface area contributed by atoms with Crippen molar-refractivity contribution in [1.82, 2.24) is 5.32 Å². The number of hydrogen-bond acceptors (Lipinski definition) is 3. The molecule has 1 saturated heterocycles. The Morgan fingerprint density at radius 3 is 2.88 bits per heavy atom.